The summed E-state index contributed by atoms with van der Waals surface area (Å²) < 4.78 is 11.5. The Kier molecular flexibility index (Phi) is 7.40. The molecule has 0 spiro atoms. The Morgan fingerprint density at radius 1 is 1.24 bits per heavy atom. The lowest BCUT2D eigenvalue weighted by atomic mass is 9.85. The molecule has 1 aliphatic heterocycles. The molecule has 1 amide bonds. The van der Waals surface area contributed by atoms with Crippen LogP contribution in [0, 0.1) is 5.92 Å². The predicted molar refractivity (Wildman–Crippen MR) is 104 cm³/mol. The number of carbonyl (C=O) groups excluding carboxylic acids is 1. The molecule has 1 aromatic rings. The first kappa shape index (κ1) is 20.3. The van der Waals surface area contributed by atoms with Crippen molar-refractivity contribution in [3.63, 3.8) is 0 Å². The van der Waals surface area contributed by atoms with Crippen molar-refractivity contribution in [2.24, 2.45) is 5.92 Å². The van der Waals surface area contributed by atoms with E-state index in [0.29, 0.717) is 30.0 Å². The number of hydrogen-bond acceptors (Lipinski definition) is 4. The largest absolute Gasteiger partial charge is 0.493 e. The third-order valence-corrected chi connectivity index (χ3v) is 5.92. The van der Waals surface area contributed by atoms with Crippen molar-refractivity contribution in [2.75, 3.05) is 14.2 Å². The lowest BCUT2D eigenvalue weighted by molar-refractivity contribution is -0.123. The van der Waals surface area contributed by atoms with Crippen LogP contribution in [0.4, 0.5) is 0 Å². The zero-order valence-corrected chi connectivity index (χ0v) is 17.0. The molecule has 0 bridgehead atoms. The maximum Gasteiger partial charge on any atom is 0.237 e. The molecule has 5 nitrogen and oxygen atoms in total. The van der Waals surface area contributed by atoms with Crippen LogP contribution in [0.2, 0.25) is 0 Å². The van der Waals surface area contributed by atoms with Crippen LogP contribution in [0.15, 0.2) is 16.6 Å². The van der Waals surface area contributed by atoms with Gasteiger partial charge in [-0.3, -0.25) is 4.79 Å². The molecule has 2 N–H and O–H groups in total. The van der Waals surface area contributed by atoms with Gasteiger partial charge in [0.2, 0.25) is 5.91 Å². The van der Waals surface area contributed by atoms with E-state index < -0.39 is 0 Å². The molecule has 1 saturated carbocycles. The summed E-state index contributed by atoms with van der Waals surface area (Å²) in [6, 6.07) is 4.23. The summed E-state index contributed by atoms with van der Waals surface area (Å²) in [5.41, 5.74) is 0.969. The Hall–Kier alpha value is -0.980. The van der Waals surface area contributed by atoms with E-state index in [1.54, 1.807) is 14.2 Å². The minimum absolute atomic E-state index is 0. The van der Waals surface area contributed by atoms with Crippen molar-refractivity contribution >= 4 is 34.2 Å². The fourth-order valence-electron chi connectivity index (χ4n) is 3.86. The van der Waals surface area contributed by atoms with Crippen molar-refractivity contribution in [1.82, 2.24) is 10.6 Å². The highest BCUT2D eigenvalue weighted by Gasteiger charge is 2.38. The third kappa shape index (κ3) is 4.60. The zero-order valence-electron chi connectivity index (χ0n) is 14.6. The van der Waals surface area contributed by atoms with Gasteiger partial charge in [0.25, 0.3) is 0 Å². The Morgan fingerprint density at radius 2 is 1.92 bits per heavy atom. The Labute approximate surface area is 163 Å². The smallest absolute Gasteiger partial charge is 0.237 e. The second-order valence-corrected chi connectivity index (χ2v) is 7.48. The lowest BCUT2D eigenvalue weighted by Crippen LogP contribution is -2.42. The summed E-state index contributed by atoms with van der Waals surface area (Å²) in [4.78, 5) is 12.5. The highest BCUT2D eigenvalue weighted by Crippen LogP contribution is 2.34. The summed E-state index contributed by atoms with van der Waals surface area (Å²) in [5, 5.41) is 6.57. The van der Waals surface area contributed by atoms with Gasteiger partial charge >= 0.3 is 0 Å². The Bertz CT molecular complexity index is 600. The first-order valence-corrected chi connectivity index (χ1v) is 9.36. The molecule has 2 aliphatic rings. The van der Waals surface area contributed by atoms with Gasteiger partial charge in [-0.25, -0.2) is 0 Å². The fraction of sp³-hybridized carbons (Fsp3) is 0.611. The molecule has 7 heteroatoms. The number of amides is 1. The number of methoxy groups -OCH3 is 2. The highest BCUT2D eigenvalue weighted by molar-refractivity contribution is 9.10. The molecule has 2 fully saturated rings. The topological polar surface area (TPSA) is 59.6 Å². The molecular weight excluding hydrogens is 408 g/mol. The first-order valence-electron chi connectivity index (χ1n) is 8.56. The first-order chi connectivity index (χ1) is 11.6. The zero-order chi connectivity index (χ0) is 17.1. The van der Waals surface area contributed by atoms with E-state index in [-0.39, 0.29) is 24.4 Å². The van der Waals surface area contributed by atoms with Gasteiger partial charge in [0, 0.05) is 17.1 Å². The highest BCUT2D eigenvalue weighted by atomic mass is 79.9. The van der Waals surface area contributed by atoms with Crippen molar-refractivity contribution in [3.8, 4) is 11.5 Å². The van der Waals surface area contributed by atoms with Crippen LogP contribution in [-0.4, -0.2) is 32.2 Å². The lowest BCUT2D eigenvalue weighted by Gasteiger charge is -2.24. The standard InChI is InChI=1S/C18H25BrN2O3.ClH/c1-23-16-8-12(13(19)9-17(16)24-2)10-20-18(22)15-7-11-5-3-4-6-14(11)21-15;/h8-9,11,14-15,21H,3-7,10H2,1-2H3,(H,20,22);1H. The average molecular weight is 434 g/mol. The van der Waals surface area contributed by atoms with Crippen LogP contribution < -0.4 is 20.1 Å². The number of fused-ring (bicyclic) bond motifs is 1. The van der Waals surface area contributed by atoms with E-state index in [9.17, 15) is 4.79 Å². The summed E-state index contributed by atoms with van der Waals surface area (Å²) in [6.45, 7) is 0.466. The van der Waals surface area contributed by atoms with E-state index in [0.717, 1.165) is 16.5 Å². The van der Waals surface area contributed by atoms with E-state index in [4.69, 9.17) is 9.47 Å². The van der Waals surface area contributed by atoms with E-state index in [2.05, 4.69) is 26.6 Å². The SMILES string of the molecule is COc1cc(Br)c(CNC(=O)C2CC3CCCCC3N2)cc1OC.Cl. The van der Waals surface area contributed by atoms with E-state index in [1.807, 2.05) is 12.1 Å². The summed E-state index contributed by atoms with van der Waals surface area (Å²) in [6.07, 6.45) is 6.00. The minimum atomic E-state index is -0.0583. The maximum absolute atomic E-state index is 12.5. The van der Waals surface area contributed by atoms with Gasteiger partial charge in [-0.2, -0.15) is 0 Å². The van der Waals surface area contributed by atoms with Crippen LogP contribution in [0.25, 0.3) is 0 Å². The van der Waals surface area contributed by atoms with Crippen molar-refractivity contribution in [3.05, 3.63) is 22.2 Å². The number of nitrogens with one attached hydrogen (secondary N) is 2. The normalized spacial score (nSPS) is 24.8. The minimum Gasteiger partial charge on any atom is -0.493 e. The van der Waals surface area contributed by atoms with Gasteiger partial charge in [0.05, 0.1) is 20.3 Å². The molecule has 140 valence electrons. The molecular formula is C18H26BrClN2O3. The quantitative estimate of drug-likeness (QED) is 0.747. The van der Waals surface area contributed by atoms with Gasteiger partial charge in [-0.15, -0.1) is 12.4 Å². The van der Waals surface area contributed by atoms with Crippen LogP contribution in [0.3, 0.4) is 0 Å². The van der Waals surface area contributed by atoms with Crippen molar-refractivity contribution < 1.29 is 14.3 Å². The molecule has 1 saturated heterocycles. The Balaban J connectivity index is 0.00000225. The molecule has 0 aromatic heterocycles. The van der Waals surface area contributed by atoms with Crippen LogP contribution in [-0.2, 0) is 11.3 Å². The summed E-state index contributed by atoms with van der Waals surface area (Å²) >= 11 is 3.53. The predicted octanol–water partition coefficient (Wildman–Crippen LogP) is 3.43. The number of ether oxygens (including phenoxy) is 2. The van der Waals surface area contributed by atoms with Crippen LogP contribution in [0.5, 0.6) is 11.5 Å². The molecule has 0 radical (unpaired) electrons. The van der Waals surface area contributed by atoms with Gasteiger partial charge in [0.1, 0.15) is 0 Å². The summed E-state index contributed by atoms with van der Waals surface area (Å²) in [5.74, 6) is 2.09. The molecule has 25 heavy (non-hydrogen) atoms. The molecule has 1 heterocycles. The van der Waals surface area contributed by atoms with Crippen LogP contribution >= 0.6 is 28.3 Å². The van der Waals surface area contributed by atoms with E-state index >= 15 is 0 Å². The monoisotopic (exact) mass is 432 g/mol. The number of halogens is 2. The second kappa shape index (κ2) is 9.10. The Morgan fingerprint density at radius 3 is 2.60 bits per heavy atom. The van der Waals surface area contributed by atoms with Crippen LogP contribution in [0.1, 0.15) is 37.7 Å². The number of carbonyl (C=O) groups is 1. The second-order valence-electron chi connectivity index (χ2n) is 6.62. The number of rotatable bonds is 5. The number of hydrogen-bond donors (Lipinski definition) is 2. The molecule has 3 atom stereocenters. The molecule has 3 rings (SSSR count). The molecule has 3 unspecified atom stereocenters. The maximum atomic E-state index is 12.5. The van der Waals surface area contributed by atoms with Crippen molar-refractivity contribution in [1.29, 1.82) is 0 Å². The van der Waals surface area contributed by atoms with Gasteiger partial charge in [-0.1, -0.05) is 28.8 Å². The third-order valence-electron chi connectivity index (χ3n) is 5.18. The van der Waals surface area contributed by atoms with Gasteiger partial charge < -0.3 is 20.1 Å². The molecule has 1 aliphatic carbocycles. The van der Waals surface area contributed by atoms with Gasteiger partial charge in [-0.05, 0) is 42.9 Å². The summed E-state index contributed by atoms with van der Waals surface area (Å²) in [7, 11) is 3.22. The van der Waals surface area contributed by atoms with E-state index in [1.165, 1.54) is 25.7 Å². The van der Waals surface area contributed by atoms with Gasteiger partial charge in [0.15, 0.2) is 11.5 Å². The fourth-order valence-corrected chi connectivity index (χ4v) is 4.32. The molecule has 1 aromatic carbocycles. The number of benzene rings is 1. The average Bonchev–Trinajstić information content (AvgIpc) is 3.04. The van der Waals surface area contributed by atoms with Crippen molar-refractivity contribution in [2.45, 2.75) is 50.7 Å².